The average molecular weight is 269 g/mol. The van der Waals surface area contributed by atoms with Crippen LogP contribution in [0.25, 0.3) is 0 Å². The molecule has 0 saturated heterocycles. The number of rotatable bonds is 9. The lowest BCUT2D eigenvalue weighted by atomic mass is 9.84. The summed E-state index contributed by atoms with van der Waals surface area (Å²) in [5, 5.41) is 0. The lowest BCUT2D eigenvalue weighted by molar-refractivity contribution is 0.160. The zero-order valence-corrected chi connectivity index (χ0v) is 13.4. The highest BCUT2D eigenvalue weighted by Crippen LogP contribution is 2.28. The SMILES string of the molecule is CCN(CCCN(C)C)C(CN)CC1CCCCC1. The van der Waals surface area contributed by atoms with E-state index in [2.05, 4.69) is 30.8 Å². The maximum absolute atomic E-state index is 6.05. The Morgan fingerprint density at radius 3 is 2.32 bits per heavy atom. The van der Waals surface area contributed by atoms with Gasteiger partial charge < -0.3 is 10.6 Å². The molecule has 1 aliphatic carbocycles. The first-order valence-corrected chi connectivity index (χ1v) is 8.26. The second-order valence-corrected chi connectivity index (χ2v) is 6.41. The van der Waals surface area contributed by atoms with Crippen molar-refractivity contribution in [3.05, 3.63) is 0 Å². The fourth-order valence-corrected chi connectivity index (χ4v) is 3.39. The molecule has 2 N–H and O–H groups in total. The predicted octanol–water partition coefficient (Wildman–Crippen LogP) is 2.56. The molecule has 0 amide bonds. The van der Waals surface area contributed by atoms with Gasteiger partial charge in [0.25, 0.3) is 0 Å². The second-order valence-electron chi connectivity index (χ2n) is 6.41. The summed E-state index contributed by atoms with van der Waals surface area (Å²) in [5.74, 6) is 0.935. The smallest absolute Gasteiger partial charge is 0.0220 e. The van der Waals surface area contributed by atoms with Gasteiger partial charge in [0.15, 0.2) is 0 Å². The van der Waals surface area contributed by atoms with Gasteiger partial charge in [-0.15, -0.1) is 0 Å². The van der Waals surface area contributed by atoms with E-state index >= 15 is 0 Å². The van der Waals surface area contributed by atoms with Crippen LogP contribution in [0, 0.1) is 5.92 Å². The van der Waals surface area contributed by atoms with Gasteiger partial charge in [-0.25, -0.2) is 0 Å². The second kappa shape index (κ2) is 9.73. The lowest BCUT2D eigenvalue weighted by Gasteiger charge is -2.34. The highest BCUT2D eigenvalue weighted by atomic mass is 15.2. The van der Waals surface area contributed by atoms with Gasteiger partial charge in [0.1, 0.15) is 0 Å². The van der Waals surface area contributed by atoms with Gasteiger partial charge in [-0.05, 0) is 52.5 Å². The number of hydrogen-bond acceptors (Lipinski definition) is 3. The van der Waals surface area contributed by atoms with Gasteiger partial charge >= 0.3 is 0 Å². The molecule has 0 aromatic carbocycles. The molecule has 1 aliphatic rings. The van der Waals surface area contributed by atoms with E-state index in [1.807, 2.05) is 0 Å². The van der Waals surface area contributed by atoms with Crippen LogP contribution in [0.4, 0.5) is 0 Å². The van der Waals surface area contributed by atoms with Crippen molar-refractivity contribution in [2.45, 2.75) is 57.9 Å². The summed E-state index contributed by atoms with van der Waals surface area (Å²) in [6.07, 6.45) is 9.78. The van der Waals surface area contributed by atoms with Crippen molar-refractivity contribution in [1.82, 2.24) is 9.80 Å². The van der Waals surface area contributed by atoms with Gasteiger partial charge in [0.05, 0.1) is 0 Å². The van der Waals surface area contributed by atoms with Gasteiger partial charge in [-0.2, -0.15) is 0 Å². The molecule has 0 spiro atoms. The summed E-state index contributed by atoms with van der Waals surface area (Å²) in [5.41, 5.74) is 6.05. The standard InChI is InChI=1S/C16H35N3/c1-4-19(12-8-11-18(2)3)16(14-17)13-15-9-6-5-7-10-15/h15-16H,4-14,17H2,1-3H3. The summed E-state index contributed by atoms with van der Waals surface area (Å²) >= 11 is 0. The van der Waals surface area contributed by atoms with Crippen molar-refractivity contribution in [3.63, 3.8) is 0 Å². The van der Waals surface area contributed by atoms with Crippen molar-refractivity contribution < 1.29 is 0 Å². The molecule has 0 radical (unpaired) electrons. The summed E-state index contributed by atoms with van der Waals surface area (Å²) < 4.78 is 0. The molecule has 0 heterocycles. The van der Waals surface area contributed by atoms with E-state index in [1.165, 1.54) is 58.0 Å². The Morgan fingerprint density at radius 1 is 1.11 bits per heavy atom. The molecule has 0 aliphatic heterocycles. The highest BCUT2D eigenvalue weighted by molar-refractivity contribution is 4.78. The Balaban J connectivity index is 2.35. The zero-order chi connectivity index (χ0) is 14.1. The van der Waals surface area contributed by atoms with Crippen LogP contribution in [0.1, 0.15) is 51.9 Å². The van der Waals surface area contributed by atoms with Crippen molar-refractivity contribution >= 4 is 0 Å². The Kier molecular flexibility index (Phi) is 8.67. The molecule has 0 bridgehead atoms. The van der Waals surface area contributed by atoms with Crippen LogP contribution in [0.15, 0.2) is 0 Å². The third-order valence-electron chi connectivity index (χ3n) is 4.58. The van der Waals surface area contributed by atoms with Crippen molar-refractivity contribution in [2.75, 3.05) is 40.3 Å². The van der Waals surface area contributed by atoms with Gasteiger partial charge in [-0.1, -0.05) is 39.0 Å². The fraction of sp³-hybridized carbons (Fsp3) is 1.00. The van der Waals surface area contributed by atoms with E-state index in [-0.39, 0.29) is 0 Å². The molecule has 3 heteroatoms. The minimum atomic E-state index is 0.607. The van der Waals surface area contributed by atoms with Crippen molar-refractivity contribution in [1.29, 1.82) is 0 Å². The number of hydrogen-bond donors (Lipinski definition) is 1. The topological polar surface area (TPSA) is 32.5 Å². The van der Waals surface area contributed by atoms with Gasteiger partial charge in [-0.3, -0.25) is 4.90 Å². The van der Waals surface area contributed by atoms with Crippen LogP contribution < -0.4 is 5.73 Å². The fourth-order valence-electron chi connectivity index (χ4n) is 3.39. The molecule has 1 atom stereocenters. The summed E-state index contributed by atoms with van der Waals surface area (Å²) in [7, 11) is 4.30. The maximum Gasteiger partial charge on any atom is 0.0220 e. The molecule has 1 saturated carbocycles. The van der Waals surface area contributed by atoms with Crippen molar-refractivity contribution in [2.24, 2.45) is 11.7 Å². The minimum Gasteiger partial charge on any atom is -0.329 e. The summed E-state index contributed by atoms with van der Waals surface area (Å²) in [6, 6.07) is 0.607. The van der Waals surface area contributed by atoms with E-state index < -0.39 is 0 Å². The molecule has 1 rings (SSSR count). The third kappa shape index (κ3) is 6.73. The molecular weight excluding hydrogens is 234 g/mol. The van der Waals surface area contributed by atoms with E-state index in [1.54, 1.807) is 0 Å². The number of nitrogens with zero attached hydrogens (tertiary/aromatic N) is 2. The largest absolute Gasteiger partial charge is 0.329 e. The molecule has 1 unspecified atom stereocenters. The molecule has 114 valence electrons. The Bertz CT molecular complexity index is 212. The first-order valence-electron chi connectivity index (χ1n) is 8.26. The van der Waals surface area contributed by atoms with Crippen LogP contribution in [-0.4, -0.2) is 56.1 Å². The lowest BCUT2D eigenvalue weighted by Crippen LogP contribution is -2.43. The van der Waals surface area contributed by atoms with Gasteiger partial charge in [0, 0.05) is 12.6 Å². The first kappa shape index (κ1) is 16.9. The van der Waals surface area contributed by atoms with Crippen LogP contribution in [0.5, 0.6) is 0 Å². The average Bonchev–Trinajstić information content (AvgIpc) is 2.42. The van der Waals surface area contributed by atoms with E-state index in [0.717, 1.165) is 19.0 Å². The summed E-state index contributed by atoms with van der Waals surface area (Å²) in [6.45, 7) is 6.62. The minimum absolute atomic E-state index is 0.607. The Hall–Kier alpha value is -0.120. The quantitative estimate of drug-likeness (QED) is 0.698. The Morgan fingerprint density at radius 2 is 1.79 bits per heavy atom. The van der Waals surface area contributed by atoms with E-state index in [0.29, 0.717) is 6.04 Å². The summed E-state index contributed by atoms with van der Waals surface area (Å²) in [4.78, 5) is 4.88. The van der Waals surface area contributed by atoms with E-state index in [9.17, 15) is 0 Å². The number of nitrogens with two attached hydrogens (primary N) is 1. The molecule has 0 aromatic heterocycles. The monoisotopic (exact) mass is 269 g/mol. The van der Waals surface area contributed by atoms with Crippen molar-refractivity contribution in [3.8, 4) is 0 Å². The zero-order valence-electron chi connectivity index (χ0n) is 13.4. The number of likely N-dealkylation sites (N-methyl/N-ethyl adjacent to an activating group) is 1. The van der Waals surface area contributed by atoms with Gasteiger partial charge in [0.2, 0.25) is 0 Å². The molecule has 19 heavy (non-hydrogen) atoms. The first-order chi connectivity index (χ1) is 9.17. The Labute approximate surface area is 120 Å². The van der Waals surface area contributed by atoms with Crippen LogP contribution in [0.2, 0.25) is 0 Å². The molecule has 0 aromatic rings. The molecule has 3 nitrogen and oxygen atoms in total. The molecular formula is C16H35N3. The van der Waals surface area contributed by atoms with E-state index in [4.69, 9.17) is 5.73 Å². The normalized spacial score (nSPS) is 19.3. The third-order valence-corrected chi connectivity index (χ3v) is 4.58. The predicted molar refractivity (Wildman–Crippen MR) is 84.5 cm³/mol. The highest BCUT2D eigenvalue weighted by Gasteiger charge is 2.21. The van der Waals surface area contributed by atoms with Crippen LogP contribution >= 0.6 is 0 Å². The van der Waals surface area contributed by atoms with Crippen LogP contribution in [0.3, 0.4) is 0 Å². The van der Waals surface area contributed by atoms with Crippen LogP contribution in [-0.2, 0) is 0 Å². The maximum atomic E-state index is 6.05. The molecule has 1 fully saturated rings.